The molecule has 16 heavy (non-hydrogen) atoms. The van der Waals surface area contributed by atoms with Crippen molar-refractivity contribution < 1.29 is 0 Å². The minimum absolute atomic E-state index is 0.614. The molecule has 0 heterocycles. The Labute approximate surface area is 106 Å². The first kappa shape index (κ1) is 13.6. The molecule has 0 nitrogen and oxygen atoms in total. The van der Waals surface area contributed by atoms with Gasteiger partial charge in [0.1, 0.15) is 0 Å². The van der Waals surface area contributed by atoms with Gasteiger partial charge in [0, 0.05) is 5.25 Å². The molecule has 0 amide bonds. The number of hydrogen-bond acceptors (Lipinski definition) is 1. The molecule has 1 aliphatic rings. The molecule has 1 aliphatic carbocycles. The van der Waals surface area contributed by atoms with Crippen LogP contribution in [-0.4, -0.2) is 5.25 Å². The highest BCUT2D eigenvalue weighted by molar-refractivity contribution is 7.80. The van der Waals surface area contributed by atoms with Gasteiger partial charge in [-0.1, -0.05) is 44.2 Å². The minimum atomic E-state index is 0.614. The molecule has 0 bridgehead atoms. The van der Waals surface area contributed by atoms with Crippen molar-refractivity contribution in [2.75, 3.05) is 0 Å². The molecule has 0 radical (unpaired) electrons. The molecule has 3 atom stereocenters. The second-order valence-electron chi connectivity index (χ2n) is 4.81. The quantitative estimate of drug-likeness (QED) is 0.526. The van der Waals surface area contributed by atoms with Gasteiger partial charge >= 0.3 is 0 Å². The molecule has 0 spiro atoms. The Hall–Kier alpha value is -0.430. The van der Waals surface area contributed by atoms with E-state index in [2.05, 4.69) is 44.4 Å². The summed E-state index contributed by atoms with van der Waals surface area (Å²) in [5.74, 6) is 1.44. The normalized spacial score (nSPS) is 29.3. The van der Waals surface area contributed by atoms with Crippen molar-refractivity contribution in [3.63, 3.8) is 0 Å². The Kier molecular flexibility index (Phi) is 5.97. The zero-order chi connectivity index (χ0) is 12.0. The summed E-state index contributed by atoms with van der Waals surface area (Å²) < 4.78 is 0. The highest BCUT2D eigenvalue weighted by Gasteiger charge is 2.23. The smallest absolute Gasteiger partial charge is 0.00196 e. The summed E-state index contributed by atoms with van der Waals surface area (Å²) >= 11 is 4.62. The van der Waals surface area contributed by atoms with Crippen LogP contribution in [0.1, 0.15) is 39.5 Å². The van der Waals surface area contributed by atoms with Crippen LogP contribution in [0.2, 0.25) is 0 Å². The van der Waals surface area contributed by atoms with Crippen molar-refractivity contribution in [1.29, 1.82) is 0 Å². The van der Waals surface area contributed by atoms with Crippen molar-refractivity contribution in [2.24, 2.45) is 11.8 Å². The summed E-state index contributed by atoms with van der Waals surface area (Å²) in [6, 6.07) is 0. The van der Waals surface area contributed by atoms with E-state index in [1.807, 2.05) is 13.0 Å². The monoisotopic (exact) mass is 236 g/mol. The van der Waals surface area contributed by atoms with Gasteiger partial charge < -0.3 is 0 Å². The molecule has 0 saturated heterocycles. The summed E-state index contributed by atoms with van der Waals surface area (Å²) in [6.45, 7) is 8.23. The van der Waals surface area contributed by atoms with Crippen LogP contribution in [0.25, 0.3) is 0 Å². The summed E-state index contributed by atoms with van der Waals surface area (Å²) in [4.78, 5) is 0. The molecular weight excluding hydrogens is 212 g/mol. The van der Waals surface area contributed by atoms with Gasteiger partial charge in [0.25, 0.3) is 0 Å². The second-order valence-corrected chi connectivity index (χ2v) is 5.54. The first-order valence-electron chi connectivity index (χ1n) is 6.32. The van der Waals surface area contributed by atoms with Gasteiger partial charge in [-0.3, -0.25) is 0 Å². The topological polar surface area (TPSA) is 0 Å². The summed E-state index contributed by atoms with van der Waals surface area (Å²) in [7, 11) is 0. The van der Waals surface area contributed by atoms with E-state index >= 15 is 0 Å². The van der Waals surface area contributed by atoms with E-state index < -0.39 is 0 Å². The van der Waals surface area contributed by atoms with E-state index in [1.54, 1.807) is 0 Å². The SMILES string of the molecule is C=CC(/C=C\C)=C/C(C)[C@H]1CCC[C@@H](S)C1. The van der Waals surface area contributed by atoms with Gasteiger partial charge in [0.2, 0.25) is 0 Å². The lowest BCUT2D eigenvalue weighted by Gasteiger charge is -2.29. The van der Waals surface area contributed by atoms with E-state index in [1.165, 1.54) is 31.3 Å². The molecule has 1 rings (SSSR count). The van der Waals surface area contributed by atoms with Crippen LogP contribution in [0, 0.1) is 11.8 Å². The molecule has 0 aromatic carbocycles. The van der Waals surface area contributed by atoms with E-state index in [-0.39, 0.29) is 0 Å². The van der Waals surface area contributed by atoms with Gasteiger partial charge in [-0.15, -0.1) is 0 Å². The fourth-order valence-electron chi connectivity index (χ4n) is 2.50. The van der Waals surface area contributed by atoms with Gasteiger partial charge in [0.05, 0.1) is 0 Å². The molecule has 1 fully saturated rings. The largest absolute Gasteiger partial charge is 0.176 e. The van der Waals surface area contributed by atoms with Crippen LogP contribution in [0.3, 0.4) is 0 Å². The average molecular weight is 236 g/mol. The maximum absolute atomic E-state index is 4.62. The fraction of sp³-hybridized carbons (Fsp3) is 0.600. The van der Waals surface area contributed by atoms with Gasteiger partial charge in [-0.05, 0) is 43.6 Å². The highest BCUT2D eigenvalue weighted by Crippen LogP contribution is 2.33. The average Bonchev–Trinajstić information content (AvgIpc) is 2.28. The van der Waals surface area contributed by atoms with E-state index in [0.717, 1.165) is 5.92 Å². The lowest BCUT2D eigenvalue weighted by Crippen LogP contribution is -2.20. The molecule has 0 N–H and O–H groups in total. The van der Waals surface area contributed by atoms with Crippen LogP contribution in [0.5, 0.6) is 0 Å². The van der Waals surface area contributed by atoms with Crippen molar-refractivity contribution in [2.45, 2.75) is 44.8 Å². The Morgan fingerprint density at radius 1 is 1.44 bits per heavy atom. The van der Waals surface area contributed by atoms with Crippen molar-refractivity contribution in [3.8, 4) is 0 Å². The second kappa shape index (κ2) is 7.01. The number of allylic oxidation sites excluding steroid dienone is 5. The first-order chi connectivity index (χ1) is 7.67. The number of hydrogen-bond donors (Lipinski definition) is 1. The molecule has 1 unspecified atom stereocenters. The van der Waals surface area contributed by atoms with E-state index in [9.17, 15) is 0 Å². The van der Waals surface area contributed by atoms with Crippen LogP contribution in [0.15, 0.2) is 36.5 Å². The van der Waals surface area contributed by atoms with Gasteiger partial charge in [0.15, 0.2) is 0 Å². The maximum atomic E-state index is 4.62. The van der Waals surface area contributed by atoms with Crippen LogP contribution in [-0.2, 0) is 0 Å². The van der Waals surface area contributed by atoms with Crippen LogP contribution >= 0.6 is 12.6 Å². The third kappa shape index (κ3) is 4.21. The van der Waals surface area contributed by atoms with E-state index in [0.29, 0.717) is 11.2 Å². The van der Waals surface area contributed by atoms with Gasteiger partial charge in [-0.25, -0.2) is 0 Å². The van der Waals surface area contributed by atoms with Crippen LogP contribution in [0.4, 0.5) is 0 Å². The zero-order valence-corrected chi connectivity index (χ0v) is 11.4. The van der Waals surface area contributed by atoms with Crippen LogP contribution < -0.4 is 0 Å². The number of rotatable bonds is 4. The summed E-state index contributed by atoms with van der Waals surface area (Å²) in [6.07, 6.45) is 13.7. The Bertz CT molecular complexity index is 275. The lowest BCUT2D eigenvalue weighted by atomic mass is 9.80. The number of thiol groups is 1. The fourth-order valence-corrected chi connectivity index (χ4v) is 2.96. The first-order valence-corrected chi connectivity index (χ1v) is 6.84. The van der Waals surface area contributed by atoms with Crippen molar-refractivity contribution >= 4 is 12.6 Å². The molecule has 0 aromatic heterocycles. The Balaban J connectivity index is 2.61. The predicted octanol–water partition coefficient (Wildman–Crippen LogP) is 4.80. The molecule has 1 heteroatoms. The molecule has 0 aliphatic heterocycles. The Morgan fingerprint density at radius 2 is 2.19 bits per heavy atom. The third-order valence-electron chi connectivity index (χ3n) is 3.48. The standard InChI is InChI=1S/C15H24S/c1-4-7-13(5-2)10-12(3)14-8-6-9-15(16)11-14/h4-5,7,10,12,14-16H,2,6,8-9,11H2,1,3H3/b7-4-,13-10-/t12?,14-,15+/m0/s1. The third-order valence-corrected chi connectivity index (χ3v) is 3.95. The zero-order valence-electron chi connectivity index (χ0n) is 10.5. The van der Waals surface area contributed by atoms with Crippen molar-refractivity contribution in [3.05, 3.63) is 36.5 Å². The highest BCUT2D eigenvalue weighted by atomic mass is 32.1. The van der Waals surface area contributed by atoms with E-state index in [4.69, 9.17) is 0 Å². The molecule has 90 valence electrons. The Morgan fingerprint density at radius 3 is 2.75 bits per heavy atom. The summed E-state index contributed by atoms with van der Waals surface area (Å²) in [5.41, 5.74) is 1.25. The van der Waals surface area contributed by atoms with Crippen molar-refractivity contribution in [1.82, 2.24) is 0 Å². The van der Waals surface area contributed by atoms with Gasteiger partial charge in [-0.2, -0.15) is 12.6 Å². The molecule has 1 saturated carbocycles. The predicted molar refractivity (Wildman–Crippen MR) is 77.0 cm³/mol. The summed E-state index contributed by atoms with van der Waals surface area (Å²) in [5, 5.41) is 0.614. The maximum Gasteiger partial charge on any atom is 0.00196 e. The molecular formula is C15H24S. The minimum Gasteiger partial charge on any atom is -0.176 e. The lowest BCUT2D eigenvalue weighted by molar-refractivity contribution is 0.306. The molecule has 0 aromatic rings.